The third-order valence-electron chi connectivity index (χ3n) is 4.31. The van der Waals surface area contributed by atoms with E-state index in [1.807, 2.05) is 0 Å². The molecule has 1 N–H and O–H groups in total. The fourth-order valence-corrected chi connectivity index (χ4v) is 4.00. The van der Waals surface area contributed by atoms with Gasteiger partial charge in [-0.15, -0.1) is 0 Å². The van der Waals surface area contributed by atoms with Gasteiger partial charge in [-0.05, 0) is 44.7 Å². The molecule has 13 heavy (non-hydrogen) atoms. The summed E-state index contributed by atoms with van der Waals surface area (Å²) in [6, 6.07) is 0.346. The number of likely N-dealkylation sites (N-methyl/N-ethyl adjacent to an activating group) is 1. The predicted octanol–water partition coefficient (Wildman–Crippen LogP) is 1.49. The van der Waals surface area contributed by atoms with Crippen LogP contribution in [0.5, 0.6) is 0 Å². The van der Waals surface area contributed by atoms with Crippen molar-refractivity contribution in [1.82, 2.24) is 4.90 Å². The highest BCUT2D eigenvalue weighted by molar-refractivity contribution is 5.14. The highest BCUT2D eigenvalue weighted by Crippen LogP contribution is 2.58. The van der Waals surface area contributed by atoms with Crippen molar-refractivity contribution < 1.29 is 5.11 Å². The summed E-state index contributed by atoms with van der Waals surface area (Å²) < 4.78 is 0. The lowest BCUT2D eigenvalue weighted by Gasteiger charge is -2.45. The Labute approximate surface area is 80.9 Å². The summed E-state index contributed by atoms with van der Waals surface area (Å²) in [5, 5.41) is 10.5. The van der Waals surface area contributed by atoms with Crippen LogP contribution in [0, 0.1) is 11.3 Å². The number of aliphatic hydroxyl groups is 1. The van der Waals surface area contributed by atoms with Gasteiger partial charge in [0, 0.05) is 6.04 Å². The first-order valence-electron chi connectivity index (χ1n) is 5.27. The smallest absolute Gasteiger partial charge is 0.0810 e. The lowest BCUT2D eigenvalue weighted by molar-refractivity contribution is -0.0546. The van der Waals surface area contributed by atoms with Crippen LogP contribution in [-0.2, 0) is 0 Å². The van der Waals surface area contributed by atoms with Crippen molar-refractivity contribution in [2.45, 2.75) is 44.8 Å². The normalized spacial score (nSPS) is 47.5. The van der Waals surface area contributed by atoms with E-state index in [0.29, 0.717) is 6.04 Å². The SMILES string of the molecule is CN(C)[C@@H]1C(C)(C)[C@@H]2CC[C@@]1(O)C2. The number of hydrogen-bond donors (Lipinski definition) is 1. The predicted molar refractivity (Wildman–Crippen MR) is 53.5 cm³/mol. The summed E-state index contributed by atoms with van der Waals surface area (Å²) in [7, 11) is 4.18. The molecule has 76 valence electrons. The van der Waals surface area contributed by atoms with E-state index in [4.69, 9.17) is 0 Å². The number of fused-ring (bicyclic) bond motifs is 2. The molecule has 0 aromatic heterocycles. The molecule has 2 bridgehead atoms. The molecule has 0 aliphatic heterocycles. The third-order valence-corrected chi connectivity index (χ3v) is 4.31. The maximum atomic E-state index is 10.5. The Morgan fingerprint density at radius 3 is 2.23 bits per heavy atom. The minimum atomic E-state index is -0.391. The van der Waals surface area contributed by atoms with E-state index in [1.165, 1.54) is 6.42 Å². The van der Waals surface area contributed by atoms with E-state index in [1.54, 1.807) is 0 Å². The van der Waals surface area contributed by atoms with Crippen molar-refractivity contribution >= 4 is 0 Å². The maximum Gasteiger partial charge on any atom is 0.0810 e. The van der Waals surface area contributed by atoms with Crippen molar-refractivity contribution in [3.05, 3.63) is 0 Å². The second kappa shape index (κ2) is 2.48. The van der Waals surface area contributed by atoms with Crippen LogP contribution in [0.3, 0.4) is 0 Å². The second-order valence-corrected chi connectivity index (χ2v) is 5.73. The van der Waals surface area contributed by atoms with Crippen LogP contribution in [0.15, 0.2) is 0 Å². The van der Waals surface area contributed by atoms with Crippen molar-refractivity contribution in [2.24, 2.45) is 11.3 Å². The van der Waals surface area contributed by atoms with Gasteiger partial charge in [0.25, 0.3) is 0 Å². The molecular formula is C11H21NO. The highest BCUT2D eigenvalue weighted by Gasteiger charge is 2.61. The van der Waals surface area contributed by atoms with E-state index in [0.717, 1.165) is 18.8 Å². The Kier molecular flexibility index (Phi) is 1.81. The number of rotatable bonds is 1. The molecule has 2 rings (SSSR count). The fraction of sp³-hybridized carbons (Fsp3) is 1.00. The molecule has 0 aromatic rings. The molecule has 0 saturated heterocycles. The van der Waals surface area contributed by atoms with Crippen LogP contribution in [0.25, 0.3) is 0 Å². The van der Waals surface area contributed by atoms with Crippen LogP contribution in [-0.4, -0.2) is 35.7 Å². The van der Waals surface area contributed by atoms with Gasteiger partial charge in [-0.3, -0.25) is 0 Å². The lowest BCUT2D eigenvalue weighted by atomic mass is 9.71. The average Bonchev–Trinajstić information content (AvgIpc) is 2.36. The summed E-state index contributed by atoms with van der Waals surface area (Å²) in [4.78, 5) is 2.21. The molecule has 0 radical (unpaired) electrons. The Balaban J connectivity index is 2.34. The Morgan fingerprint density at radius 2 is 1.92 bits per heavy atom. The minimum absolute atomic E-state index is 0.288. The standard InChI is InChI=1S/C11H21NO/c1-10(2)8-5-6-11(13,7-8)9(10)12(3)4/h8-9,13H,5-7H2,1-4H3/t8-,9-,11-/m1/s1. The van der Waals surface area contributed by atoms with Gasteiger partial charge in [0.05, 0.1) is 5.60 Å². The molecule has 2 aliphatic rings. The summed E-state index contributed by atoms with van der Waals surface area (Å²) in [6.07, 6.45) is 3.24. The first kappa shape index (κ1) is 9.47. The zero-order valence-electron chi connectivity index (χ0n) is 9.17. The summed E-state index contributed by atoms with van der Waals surface area (Å²) >= 11 is 0. The first-order chi connectivity index (χ1) is 5.88. The van der Waals surface area contributed by atoms with E-state index in [-0.39, 0.29) is 5.41 Å². The summed E-state index contributed by atoms with van der Waals surface area (Å²) in [5.41, 5.74) is -0.103. The van der Waals surface area contributed by atoms with Gasteiger partial charge in [-0.1, -0.05) is 13.8 Å². The third kappa shape index (κ3) is 1.08. The molecule has 0 aromatic carbocycles. The van der Waals surface area contributed by atoms with Crippen LogP contribution in [0.4, 0.5) is 0 Å². The summed E-state index contributed by atoms with van der Waals surface area (Å²) in [6.45, 7) is 4.61. The Morgan fingerprint density at radius 1 is 1.31 bits per heavy atom. The van der Waals surface area contributed by atoms with Crippen molar-refractivity contribution in [3.8, 4) is 0 Å². The quantitative estimate of drug-likeness (QED) is 0.665. The van der Waals surface area contributed by atoms with Crippen LogP contribution < -0.4 is 0 Å². The molecule has 2 heteroatoms. The van der Waals surface area contributed by atoms with Gasteiger partial charge >= 0.3 is 0 Å². The van der Waals surface area contributed by atoms with Gasteiger partial charge in [0.1, 0.15) is 0 Å². The molecule has 2 aliphatic carbocycles. The monoisotopic (exact) mass is 183 g/mol. The van der Waals surface area contributed by atoms with Crippen molar-refractivity contribution in [2.75, 3.05) is 14.1 Å². The zero-order chi connectivity index (χ0) is 9.85. The van der Waals surface area contributed by atoms with Crippen LogP contribution in [0.1, 0.15) is 33.1 Å². The molecule has 2 nitrogen and oxygen atoms in total. The van der Waals surface area contributed by atoms with E-state index < -0.39 is 5.60 Å². The van der Waals surface area contributed by atoms with E-state index >= 15 is 0 Å². The van der Waals surface area contributed by atoms with Crippen molar-refractivity contribution in [3.63, 3.8) is 0 Å². The topological polar surface area (TPSA) is 23.5 Å². The maximum absolute atomic E-state index is 10.5. The number of hydrogen-bond acceptors (Lipinski definition) is 2. The van der Waals surface area contributed by atoms with Gasteiger partial charge in [-0.2, -0.15) is 0 Å². The van der Waals surface area contributed by atoms with Crippen molar-refractivity contribution in [1.29, 1.82) is 0 Å². The molecule has 2 fully saturated rings. The fourth-order valence-electron chi connectivity index (χ4n) is 4.00. The summed E-state index contributed by atoms with van der Waals surface area (Å²) in [5.74, 6) is 0.727. The van der Waals surface area contributed by atoms with Gasteiger partial charge in [0.2, 0.25) is 0 Å². The first-order valence-corrected chi connectivity index (χ1v) is 5.27. The van der Waals surface area contributed by atoms with E-state index in [2.05, 4.69) is 32.8 Å². The molecule has 0 heterocycles. The average molecular weight is 183 g/mol. The van der Waals surface area contributed by atoms with Crippen LogP contribution in [0.2, 0.25) is 0 Å². The van der Waals surface area contributed by atoms with Crippen LogP contribution >= 0.6 is 0 Å². The Hall–Kier alpha value is -0.0800. The van der Waals surface area contributed by atoms with Gasteiger partial charge < -0.3 is 10.0 Å². The Bertz CT molecular complexity index is 219. The molecule has 2 saturated carbocycles. The van der Waals surface area contributed by atoms with E-state index in [9.17, 15) is 5.11 Å². The lowest BCUT2D eigenvalue weighted by Crippen LogP contribution is -2.54. The molecule has 0 amide bonds. The molecular weight excluding hydrogens is 162 g/mol. The zero-order valence-corrected chi connectivity index (χ0v) is 9.17. The van der Waals surface area contributed by atoms with Gasteiger partial charge in [0.15, 0.2) is 0 Å². The highest BCUT2D eigenvalue weighted by atomic mass is 16.3. The minimum Gasteiger partial charge on any atom is -0.388 e. The molecule has 3 atom stereocenters. The number of nitrogens with zero attached hydrogens (tertiary/aromatic N) is 1. The second-order valence-electron chi connectivity index (χ2n) is 5.73. The molecule has 0 unspecified atom stereocenters. The van der Waals surface area contributed by atoms with Gasteiger partial charge in [-0.25, -0.2) is 0 Å². The molecule has 0 spiro atoms. The largest absolute Gasteiger partial charge is 0.388 e.